The summed E-state index contributed by atoms with van der Waals surface area (Å²) in [6.45, 7) is 3.91. The Balaban J connectivity index is 2.12. The van der Waals surface area contributed by atoms with E-state index in [1.54, 1.807) is 12.1 Å². The number of nitrogens with zero attached hydrogens (tertiary/aromatic N) is 3. The second kappa shape index (κ2) is 7.00. The van der Waals surface area contributed by atoms with Gasteiger partial charge in [0.05, 0.1) is 6.10 Å². The lowest BCUT2D eigenvalue weighted by Crippen LogP contribution is -2.11. The Morgan fingerprint density at radius 1 is 1.33 bits per heavy atom. The maximum Gasteiger partial charge on any atom is 0.322 e. The molecule has 0 bridgehead atoms. The van der Waals surface area contributed by atoms with E-state index in [0.717, 1.165) is 4.47 Å². The van der Waals surface area contributed by atoms with Gasteiger partial charge in [-0.1, -0.05) is 15.9 Å². The first-order valence-electron chi connectivity index (χ1n) is 6.20. The molecule has 5 nitrogen and oxygen atoms in total. The fourth-order valence-electron chi connectivity index (χ4n) is 1.53. The van der Waals surface area contributed by atoms with Gasteiger partial charge >= 0.3 is 6.01 Å². The zero-order valence-corrected chi connectivity index (χ0v) is 13.7. The van der Waals surface area contributed by atoms with E-state index in [-0.39, 0.29) is 35.7 Å². The molecule has 1 aromatic heterocycles. The van der Waals surface area contributed by atoms with Gasteiger partial charge in [-0.2, -0.15) is 15.0 Å². The molecule has 112 valence electrons. The minimum Gasteiger partial charge on any atom is -0.461 e. The SMILES string of the molecule is CC(C)Oc1nc(Cl)nc(NCc2cc(Br)ccc2F)n1. The normalized spacial score (nSPS) is 10.8. The molecule has 0 unspecified atom stereocenters. The predicted molar refractivity (Wildman–Crippen MR) is 82.0 cm³/mol. The number of halogens is 3. The summed E-state index contributed by atoms with van der Waals surface area (Å²) in [5.74, 6) is -0.0884. The number of benzene rings is 1. The summed E-state index contributed by atoms with van der Waals surface area (Å²) in [6, 6.07) is 4.82. The molecule has 1 aromatic carbocycles. The highest BCUT2D eigenvalue weighted by Crippen LogP contribution is 2.17. The van der Waals surface area contributed by atoms with Crippen LogP contribution in [-0.4, -0.2) is 21.1 Å². The highest BCUT2D eigenvalue weighted by molar-refractivity contribution is 9.10. The van der Waals surface area contributed by atoms with Crippen LogP contribution in [0.5, 0.6) is 6.01 Å². The Morgan fingerprint density at radius 3 is 2.81 bits per heavy atom. The van der Waals surface area contributed by atoms with Crippen molar-refractivity contribution in [3.05, 3.63) is 39.3 Å². The second-order valence-electron chi connectivity index (χ2n) is 4.47. The van der Waals surface area contributed by atoms with Gasteiger partial charge in [0.25, 0.3) is 0 Å². The summed E-state index contributed by atoms with van der Waals surface area (Å²) >= 11 is 9.10. The lowest BCUT2D eigenvalue weighted by Gasteiger charge is -2.10. The van der Waals surface area contributed by atoms with Crippen LogP contribution in [0.25, 0.3) is 0 Å². The van der Waals surface area contributed by atoms with Gasteiger partial charge in [-0.05, 0) is 43.6 Å². The fraction of sp³-hybridized carbons (Fsp3) is 0.308. The molecule has 0 radical (unpaired) electrons. The molecule has 0 aliphatic heterocycles. The van der Waals surface area contributed by atoms with Crippen LogP contribution in [-0.2, 0) is 6.54 Å². The van der Waals surface area contributed by atoms with E-state index in [1.807, 2.05) is 13.8 Å². The van der Waals surface area contributed by atoms with E-state index >= 15 is 0 Å². The van der Waals surface area contributed by atoms with Gasteiger partial charge in [0.1, 0.15) is 5.82 Å². The Bertz CT molecular complexity index is 642. The molecular formula is C13H13BrClFN4O. The van der Waals surface area contributed by atoms with Crippen LogP contribution in [0.15, 0.2) is 22.7 Å². The van der Waals surface area contributed by atoms with Gasteiger partial charge in [-0.25, -0.2) is 4.39 Å². The lowest BCUT2D eigenvalue weighted by atomic mass is 10.2. The molecule has 0 aliphatic rings. The van der Waals surface area contributed by atoms with E-state index in [4.69, 9.17) is 16.3 Å². The average Bonchev–Trinajstić information content (AvgIpc) is 2.38. The van der Waals surface area contributed by atoms with Gasteiger partial charge in [-0.3, -0.25) is 0 Å². The van der Waals surface area contributed by atoms with Crippen molar-refractivity contribution in [1.29, 1.82) is 0 Å². The van der Waals surface area contributed by atoms with Crippen molar-refractivity contribution >= 4 is 33.5 Å². The summed E-state index contributed by atoms with van der Waals surface area (Å²) < 4.78 is 19.8. The first kappa shape index (κ1) is 15.9. The molecule has 1 heterocycles. The van der Waals surface area contributed by atoms with E-state index in [1.165, 1.54) is 6.07 Å². The second-order valence-corrected chi connectivity index (χ2v) is 5.72. The van der Waals surface area contributed by atoms with Crippen LogP contribution in [0.1, 0.15) is 19.4 Å². The van der Waals surface area contributed by atoms with E-state index in [2.05, 4.69) is 36.2 Å². The molecule has 2 aromatic rings. The summed E-state index contributed by atoms with van der Waals surface area (Å²) in [7, 11) is 0. The van der Waals surface area contributed by atoms with Crippen molar-refractivity contribution in [2.45, 2.75) is 26.5 Å². The maximum atomic E-state index is 13.6. The number of aromatic nitrogens is 3. The summed E-state index contributed by atoms with van der Waals surface area (Å²) in [6.07, 6.45) is -0.0844. The van der Waals surface area contributed by atoms with Gasteiger partial charge in [0.2, 0.25) is 11.2 Å². The van der Waals surface area contributed by atoms with Crippen molar-refractivity contribution in [2.75, 3.05) is 5.32 Å². The smallest absolute Gasteiger partial charge is 0.322 e. The molecule has 0 spiro atoms. The van der Waals surface area contributed by atoms with Gasteiger partial charge < -0.3 is 10.1 Å². The number of rotatable bonds is 5. The zero-order chi connectivity index (χ0) is 15.4. The fourth-order valence-corrected chi connectivity index (χ4v) is 2.09. The third kappa shape index (κ3) is 4.78. The molecule has 0 aliphatic carbocycles. The molecule has 21 heavy (non-hydrogen) atoms. The maximum absolute atomic E-state index is 13.6. The highest BCUT2D eigenvalue weighted by Gasteiger charge is 2.09. The standard InChI is InChI=1S/C13H13BrClFN4O/c1-7(2)21-13-19-11(15)18-12(20-13)17-6-8-5-9(14)3-4-10(8)16/h3-5,7H,6H2,1-2H3,(H,17,18,19,20). The largest absolute Gasteiger partial charge is 0.461 e. The quantitative estimate of drug-likeness (QED) is 0.861. The number of hydrogen-bond donors (Lipinski definition) is 1. The Hall–Kier alpha value is -1.47. The highest BCUT2D eigenvalue weighted by atomic mass is 79.9. The van der Waals surface area contributed by atoms with Crippen molar-refractivity contribution < 1.29 is 9.13 Å². The number of anilines is 1. The number of ether oxygens (including phenoxy) is 1. The third-order valence-electron chi connectivity index (χ3n) is 2.37. The number of hydrogen-bond acceptors (Lipinski definition) is 5. The molecule has 0 saturated heterocycles. The van der Waals surface area contributed by atoms with Crippen molar-refractivity contribution in [1.82, 2.24) is 15.0 Å². The first-order valence-corrected chi connectivity index (χ1v) is 7.37. The predicted octanol–water partition coefficient (Wildman–Crippen LogP) is 3.83. The zero-order valence-electron chi connectivity index (χ0n) is 11.4. The third-order valence-corrected chi connectivity index (χ3v) is 3.04. The molecule has 1 N–H and O–H groups in total. The lowest BCUT2D eigenvalue weighted by molar-refractivity contribution is 0.222. The molecule has 0 fully saturated rings. The van der Waals surface area contributed by atoms with Crippen LogP contribution in [0.2, 0.25) is 5.28 Å². The van der Waals surface area contributed by atoms with Crippen LogP contribution >= 0.6 is 27.5 Å². The minimum absolute atomic E-state index is 0.0119. The molecule has 0 amide bonds. The van der Waals surface area contributed by atoms with Crippen molar-refractivity contribution in [3.63, 3.8) is 0 Å². The number of nitrogens with one attached hydrogen (secondary N) is 1. The van der Waals surface area contributed by atoms with Crippen LogP contribution in [0.4, 0.5) is 10.3 Å². The van der Waals surface area contributed by atoms with Gasteiger partial charge in [0.15, 0.2) is 0 Å². The van der Waals surface area contributed by atoms with E-state index in [9.17, 15) is 4.39 Å². The topological polar surface area (TPSA) is 59.9 Å². The van der Waals surface area contributed by atoms with Crippen molar-refractivity contribution in [2.24, 2.45) is 0 Å². The first-order chi connectivity index (χ1) is 9.94. The average molecular weight is 376 g/mol. The molecule has 2 rings (SSSR count). The van der Waals surface area contributed by atoms with E-state index in [0.29, 0.717) is 5.56 Å². The van der Waals surface area contributed by atoms with Crippen LogP contribution < -0.4 is 10.1 Å². The van der Waals surface area contributed by atoms with E-state index < -0.39 is 0 Å². The summed E-state index contributed by atoms with van der Waals surface area (Å²) in [4.78, 5) is 11.9. The van der Waals surface area contributed by atoms with Crippen molar-refractivity contribution in [3.8, 4) is 6.01 Å². The monoisotopic (exact) mass is 374 g/mol. The summed E-state index contributed by atoms with van der Waals surface area (Å²) in [5, 5.41) is 2.91. The molecule has 8 heteroatoms. The Labute approximate surface area is 135 Å². The Morgan fingerprint density at radius 2 is 2.10 bits per heavy atom. The van der Waals surface area contributed by atoms with Crippen LogP contribution in [0, 0.1) is 5.82 Å². The Kier molecular flexibility index (Phi) is 5.30. The molecular weight excluding hydrogens is 363 g/mol. The van der Waals surface area contributed by atoms with Gasteiger partial charge in [0, 0.05) is 16.6 Å². The molecule has 0 atom stereocenters. The molecule has 0 saturated carbocycles. The van der Waals surface area contributed by atoms with Crippen LogP contribution in [0.3, 0.4) is 0 Å². The summed E-state index contributed by atoms with van der Waals surface area (Å²) in [5.41, 5.74) is 0.479. The minimum atomic E-state index is -0.315. The van der Waals surface area contributed by atoms with Gasteiger partial charge in [-0.15, -0.1) is 0 Å².